The van der Waals surface area contributed by atoms with Crippen LogP contribution in [0, 0.1) is 15.5 Å². The van der Waals surface area contributed by atoms with Gasteiger partial charge in [-0.15, -0.1) is 0 Å². The molecule has 1 fully saturated rings. The van der Waals surface area contributed by atoms with Crippen molar-refractivity contribution in [3.8, 4) is 11.4 Å². The van der Waals surface area contributed by atoms with E-state index in [1.165, 1.54) is 12.1 Å². The number of aromatic nitrogens is 2. The Morgan fingerprint density at radius 1 is 1.43 bits per heavy atom. The van der Waals surface area contributed by atoms with Gasteiger partial charge in [0.25, 0.3) is 5.69 Å². The molecule has 122 valence electrons. The van der Waals surface area contributed by atoms with Gasteiger partial charge in [-0.05, 0) is 37.1 Å². The van der Waals surface area contributed by atoms with E-state index in [4.69, 9.17) is 10.3 Å². The third kappa shape index (κ3) is 3.38. The number of nitro benzene ring substituents is 1. The molecule has 0 amide bonds. The molecular formula is C15H19N5O3. The highest BCUT2D eigenvalue weighted by molar-refractivity contribution is 5.56. The zero-order valence-electron chi connectivity index (χ0n) is 12.9. The fourth-order valence-corrected chi connectivity index (χ4v) is 2.79. The number of nitrogens with two attached hydrogens (primary N) is 1. The molecule has 0 bridgehead atoms. The molecule has 0 spiro atoms. The van der Waals surface area contributed by atoms with Crippen molar-refractivity contribution in [2.24, 2.45) is 11.1 Å². The fourth-order valence-electron chi connectivity index (χ4n) is 2.79. The Labute approximate surface area is 133 Å². The van der Waals surface area contributed by atoms with E-state index >= 15 is 0 Å². The first kappa shape index (κ1) is 15.6. The highest BCUT2D eigenvalue weighted by Gasteiger charge is 2.33. The lowest BCUT2D eigenvalue weighted by atomic mass is 9.90. The molecule has 8 heteroatoms. The molecule has 2 N–H and O–H groups in total. The van der Waals surface area contributed by atoms with Gasteiger partial charge in [0.15, 0.2) is 0 Å². The maximum absolute atomic E-state index is 10.7. The molecular weight excluding hydrogens is 298 g/mol. The number of hydrogen-bond acceptors (Lipinski definition) is 7. The van der Waals surface area contributed by atoms with Gasteiger partial charge >= 0.3 is 0 Å². The van der Waals surface area contributed by atoms with Crippen molar-refractivity contribution in [3.63, 3.8) is 0 Å². The van der Waals surface area contributed by atoms with Crippen LogP contribution in [0.4, 0.5) is 5.69 Å². The van der Waals surface area contributed by atoms with Crippen molar-refractivity contribution in [1.29, 1.82) is 0 Å². The summed E-state index contributed by atoms with van der Waals surface area (Å²) in [5.41, 5.74) is 6.70. The molecule has 23 heavy (non-hydrogen) atoms. The van der Waals surface area contributed by atoms with Crippen molar-refractivity contribution in [2.75, 3.05) is 19.6 Å². The lowest BCUT2D eigenvalue weighted by Crippen LogP contribution is -2.31. The van der Waals surface area contributed by atoms with Crippen LogP contribution in [0.1, 0.15) is 19.2 Å². The summed E-state index contributed by atoms with van der Waals surface area (Å²) in [6.07, 6.45) is 1.06. The van der Waals surface area contributed by atoms with Gasteiger partial charge in [-0.25, -0.2) is 0 Å². The van der Waals surface area contributed by atoms with E-state index in [0.29, 0.717) is 30.4 Å². The van der Waals surface area contributed by atoms with Gasteiger partial charge in [0, 0.05) is 24.2 Å². The largest absolute Gasteiger partial charge is 0.338 e. The Morgan fingerprint density at radius 2 is 2.17 bits per heavy atom. The second-order valence-corrected chi connectivity index (χ2v) is 6.29. The normalized spacial score (nSPS) is 21.7. The molecule has 1 atom stereocenters. The topological polar surface area (TPSA) is 111 Å². The van der Waals surface area contributed by atoms with Crippen LogP contribution in [0.15, 0.2) is 28.8 Å². The van der Waals surface area contributed by atoms with E-state index in [2.05, 4.69) is 22.0 Å². The molecule has 0 radical (unpaired) electrons. The van der Waals surface area contributed by atoms with Crippen LogP contribution in [0.2, 0.25) is 0 Å². The Bertz CT molecular complexity index is 699. The molecule has 3 rings (SSSR count). The lowest BCUT2D eigenvalue weighted by molar-refractivity contribution is -0.384. The Kier molecular flexibility index (Phi) is 4.10. The second kappa shape index (κ2) is 6.05. The monoisotopic (exact) mass is 317 g/mol. The summed E-state index contributed by atoms with van der Waals surface area (Å²) in [6, 6.07) is 6.10. The van der Waals surface area contributed by atoms with Gasteiger partial charge in [0.05, 0.1) is 11.5 Å². The number of non-ortho nitro benzene ring substituents is 1. The predicted octanol–water partition coefficient (Wildman–Crippen LogP) is 1.82. The third-order valence-corrected chi connectivity index (χ3v) is 4.29. The van der Waals surface area contributed by atoms with Crippen molar-refractivity contribution in [1.82, 2.24) is 15.0 Å². The number of rotatable bonds is 5. The van der Waals surface area contributed by atoms with Crippen molar-refractivity contribution in [2.45, 2.75) is 19.9 Å². The van der Waals surface area contributed by atoms with E-state index in [1.54, 1.807) is 12.1 Å². The van der Waals surface area contributed by atoms with E-state index < -0.39 is 4.92 Å². The Hall–Kier alpha value is -2.32. The van der Waals surface area contributed by atoms with Crippen LogP contribution >= 0.6 is 0 Å². The maximum Gasteiger partial charge on any atom is 0.269 e. The molecule has 2 heterocycles. The average molecular weight is 317 g/mol. The Balaban J connectivity index is 1.67. The third-order valence-electron chi connectivity index (χ3n) is 4.29. The standard InChI is InChI=1S/C15H19N5O3/c1-15(9-16)6-7-19(10-15)8-13-17-14(18-23-13)11-2-4-12(5-3-11)20(21)22/h2-5H,6-10,16H2,1H3. The molecule has 0 saturated carbocycles. The molecule has 8 nitrogen and oxygen atoms in total. The van der Waals surface area contributed by atoms with Gasteiger partial charge in [0.2, 0.25) is 11.7 Å². The first-order chi connectivity index (χ1) is 11.0. The zero-order valence-corrected chi connectivity index (χ0v) is 12.9. The first-order valence-electron chi connectivity index (χ1n) is 7.49. The van der Waals surface area contributed by atoms with Gasteiger partial charge in [-0.3, -0.25) is 15.0 Å². The van der Waals surface area contributed by atoms with Gasteiger partial charge in [-0.1, -0.05) is 12.1 Å². The van der Waals surface area contributed by atoms with E-state index in [1.807, 2.05) is 0 Å². The Morgan fingerprint density at radius 3 is 2.78 bits per heavy atom. The number of likely N-dealkylation sites (tertiary alicyclic amines) is 1. The van der Waals surface area contributed by atoms with Gasteiger partial charge < -0.3 is 10.3 Å². The summed E-state index contributed by atoms with van der Waals surface area (Å²) < 4.78 is 5.29. The summed E-state index contributed by atoms with van der Waals surface area (Å²) >= 11 is 0. The maximum atomic E-state index is 10.7. The van der Waals surface area contributed by atoms with Crippen LogP contribution in [-0.4, -0.2) is 39.6 Å². The molecule has 1 aromatic heterocycles. The molecule has 0 aliphatic carbocycles. The van der Waals surface area contributed by atoms with Crippen LogP contribution in [0.3, 0.4) is 0 Å². The SMILES string of the molecule is CC1(CN)CCN(Cc2nc(-c3ccc([N+](=O)[O-])cc3)no2)C1. The molecule has 1 aliphatic rings. The molecule has 2 aromatic rings. The van der Waals surface area contributed by atoms with E-state index in [0.717, 1.165) is 19.5 Å². The van der Waals surface area contributed by atoms with Crippen LogP contribution in [-0.2, 0) is 6.54 Å². The minimum Gasteiger partial charge on any atom is -0.338 e. The van der Waals surface area contributed by atoms with Gasteiger partial charge in [-0.2, -0.15) is 4.98 Å². The van der Waals surface area contributed by atoms with Crippen LogP contribution in [0.25, 0.3) is 11.4 Å². The summed E-state index contributed by atoms with van der Waals surface area (Å²) in [6.45, 7) is 5.32. The smallest absolute Gasteiger partial charge is 0.269 e. The quantitative estimate of drug-likeness (QED) is 0.661. The number of nitro groups is 1. The van der Waals surface area contributed by atoms with Crippen molar-refractivity contribution >= 4 is 5.69 Å². The summed E-state index contributed by atoms with van der Waals surface area (Å²) in [7, 11) is 0. The predicted molar refractivity (Wildman–Crippen MR) is 83.4 cm³/mol. The number of benzene rings is 1. The van der Waals surface area contributed by atoms with Gasteiger partial charge in [0.1, 0.15) is 0 Å². The minimum absolute atomic E-state index is 0.0376. The molecule has 1 aliphatic heterocycles. The van der Waals surface area contributed by atoms with Crippen molar-refractivity contribution in [3.05, 3.63) is 40.3 Å². The first-order valence-corrected chi connectivity index (χ1v) is 7.49. The average Bonchev–Trinajstić information content (AvgIpc) is 3.15. The second-order valence-electron chi connectivity index (χ2n) is 6.29. The molecule has 1 unspecified atom stereocenters. The lowest BCUT2D eigenvalue weighted by Gasteiger charge is -2.21. The molecule has 1 aromatic carbocycles. The zero-order chi connectivity index (χ0) is 16.4. The number of hydrogen-bond donors (Lipinski definition) is 1. The summed E-state index contributed by atoms with van der Waals surface area (Å²) in [5.74, 6) is 0.982. The van der Waals surface area contributed by atoms with E-state index in [-0.39, 0.29) is 11.1 Å². The highest BCUT2D eigenvalue weighted by atomic mass is 16.6. The van der Waals surface area contributed by atoms with Crippen LogP contribution in [0.5, 0.6) is 0 Å². The molecule has 1 saturated heterocycles. The fraction of sp³-hybridized carbons (Fsp3) is 0.467. The highest BCUT2D eigenvalue weighted by Crippen LogP contribution is 2.29. The summed E-state index contributed by atoms with van der Waals surface area (Å²) in [5, 5.41) is 14.6. The van der Waals surface area contributed by atoms with E-state index in [9.17, 15) is 10.1 Å². The summed E-state index contributed by atoms with van der Waals surface area (Å²) in [4.78, 5) is 16.8. The minimum atomic E-state index is -0.437. The van der Waals surface area contributed by atoms with Crippen LogP contribution < -0.4 is 5.73 Å². The number of nitrogens with zero attached hydrogens (tertiary/aromatic N) is 4. The van der Waals surface area contributed by atoms with Crippen molar-refractivity contribution < 1.29 is 9.45 Å².